The number of hydrogen-bond acceptors (Lipinski definition) is 4. The average Bonchev–Trinajstić information content (AvgIpc) is 3.38. The molecule has 0 aliphatic carbocycles. The minimum atomic E-state index is -1.71. The van der Waals surface area contributed by atoms with Crippen LogP contribution in [0.2, 0.25) is 15.1 Å². The Morgan fingerprint density at radius 2 is 1.89 bits per heavy atom. The molecule has 36 heavy (non-hydrogen) atoms. The second-order valence-corrected chi connectivity index (χ2v) is 8.82. The molecule has 3 aromatic carbocycles. The number of guanidine groups is 1. The van der Waals surface area contributed by atoms with Gasteiger partial charge in [-0.3, -0.25) is 10.1 Å². The van der Waals surface area contributed by atoms with E-state index in [9.17, 15) is 11.4 Å². The first kappa shape index (κ1) is 23.9. The van der Waals surface area contributed by atoms with Gasteiger partial charge in [-0.05, 0) is 60.2 Å². The van der Waals surface area contributed by atoms with E-state index < -0.39 is 11.9 Å². The molecule has 0 radical (unpaired) electrons. The van der Waals surface area contributed by atoms with Crippen molar-refractivity contribution in [2.24, 2.45) is 4.99 Å². The van der Waals surface area contributed by atoms with Gasteiger partial charge in [-0.25, -0.2) is 9.98 Å². The topological polar surface area (TPSA) is 95.1 Å². The maximum atomic E-state index is 13.1. The molecule has 4 aromatic rings. The SMILES string of the molecule is [2H]C(Cn1ccnc1)(N=C(NC(=O)c1cccc(C#N)c1)Nc1ccc(Cl)cc1)c1ccc(Cl)cc1Cl. The summed E-state index contributed by atoms with van der Waals surface area (Å²) in [7, 11) is 0. The number of nitriles is 1. The second kappa shape index (κ2) is 11.7. The summed E-state index contributed by atoms with van der Waals surface area (Å²) in [6.45, 7) is 0.0277. The summed E-state index contributed by atoms with van der Waals surface area (Å²) in [5, 5.41) is 16.2. The largest absolute Gasteiger partial charge is 0.335 e. The molecule has 1 amide bonds. The summed E-state index contributed by atoms with van der Waals surface area (Å²) in [6, 6.07) is 18.1. The van der Waals surface area contributed by atoms with Gasteiger partial charge in [0.15, 0.2) is 0 Å². The molecule has 0 bridgehead atoms. The number of nitrogens with zero attached hydrogens (tertiary/aromatic N) is 4. The molecule has 0 aliphatic heterocycles. The molecule has 0 saturated carbocycles. The van der Waals surface area contributed by atoms with Crippen LogP contribution in [0.4, 0.5) is 5.69 Å². The predicted octanol–water partition coefficient (Wildman–Crippen LogP) is 6.35. The summed E-state index contributed by atoms with van der Waals surface area (Å²) in [4.78, 5) is 21.8. The van der Waals surface area contributed by atoms with Crippen LogP contribution in [0.3, 0.4) is 0 Å². The molecule has 4 rings (SSSR count). The summed E-state index contributed by atoms with van der Waals surface area (Å²) in [6.07, 6.45) is 4.84. The van der Waals surface area contributed by atoms with Crippen LogP contribution >= 0.6 is 34.8 Å². The van der Waals surface area contributed by atoms with Crippen LogP contribution in [0.25, 0.3) is 0 Å². The van der Waals surface area contributed by atoms with Gasteiger partial charge in [0.25, 0.3) is 5.91 Å². The van der Waals surface area contributed by atoms with Crippen molar-refractivity contribution in [3.05, 3.63) is 117 Å². The Bertz CT molecular complexity index is 1490. The molecular weight excluding hydrogens is 519 g/mol. The van der Waals surface area contributed by atoms with Crippen molar-refractivity contribution in [3.63, 3.8) is 0 Å². The van der Waals surface area contributed by atoms with E-state index in [1.54, 1.807) is 77.9 Å². The Labute approximate surface area is 224 Å². The van der Waals surface area contributed by atoms with E-state index >= 15 is 0 Å². The zero-order valence-electron chi connectivity index (χ0n) is 19.6. The minimum Gasteiger partial charge on any atom is -0.335 e. The molecular formula is C26H19Cl3N6O. The lowest BCUT2D eigenvalue weighted by molar-refractivity contribution is 0.0976. The third-order valence-corrected chi connectivity index (χ3v) is 5.77. The molecule has 1 heterocycles. The number of aromatic nitrogens is 2. The minimum absolute atomic E-state index is 0.0178. The van der Waals surface area contributed by atoms with Gasteiger partial charge in [0, 0.05) is 38.7 Å². The zero-order chi connectivity index (χ0) is 26.4. The third kappa shape index (κ3) is 6.64. The molecule has 7 nitrogen and oxygen atoms in total. The van der Waals surface area contributed by atoms with E-state index in [0.717, 1.165) is 0 Å². The molecule has 2 N–H and O–H groups in total. The maximum absolute atomic E-state index is 13.1. The lowest BCUT2D eigenvalue weighted by atomic mass is 10.1. The van der Waals surface area contributed by atoms with Gasteiger partial charge in [0.2, 0.25) is 5.96 Å². The Balaban J connectivity index is 1.79. The lowest BCUT2D eigenvalue weighted by Gasteiger charge is -2.19. The smallest absolute Gasteiger partial charge is 0.258 e. The van der Waals surface area contributed by atoms with Crippen LogP contribution in [-0.2, 0) is 6.54 Å². The number of carbonyl (C=O) groups excluding carboxylic acids is 1. The second-order valence-electron chi connectivity index (χ2n) is 7.54. The molecule has 1 unspecified atom stereocenters. The van der Waals surface area contributed by atoms with Crippen LogP contribution in [0.5, 0.6) is 0 Å². The Hall–Kier alpha value is -3.83. The highest BCUT2D eigenvalue weighted by atomic mass is 35.5. The van der Waals surface area contributed by atoms with Gasteiger partial charge >= 0.3 is 0 Å². The van der Waals surface area contributed by atoms with Gasteiger partial charge < -0.3 is 9.88 Å². The number of aliphatic imine (C=N–C) groups is 1. The highest BCUT2D eigenvalue weighted by Crippen LogP contribution is 2.30. The maximum Gasteiger partial charge on any atom is 0.258 e. The Morgan fingerprint density at radius 1 is 1.11 bits per heavy atom. The van der Waals surface area contributed by atoms with Crippen molar-refractivity contribution >= 4 is 52.4 Å². The van der Waals surface area contributed by atoms with Crippen LogP contribution in [-0.4, -0.2) is 21.4 Å². The third-order valence-electron chi connectivity index (χ3n) is 4.97. The van der Waals surface area contributed by atoms with E-state index in [4.69, 9.17) is 34.8 Å². The number of imidazole rings is 1. The fourth-order valence-corrected chi connectivity index (χ4v) is 3.90. The first-order chi connectivity index (χ1) is 17.8. The van der Waals surface area contributed by atoms with Gasteiger partial charge in [-0.15, -0.1) is 0 Å². The molecule has 1 atom stereocenters. The van der Waals surface area contributed by atoms with Crippen molar-refractivity contribution in [1.82, 2.24) is 14.9 Å². The number of carbonyl (C=O) groups is 1. The number of hydrogen-bond donors (Lipinski definition) is 2. The van der Waals surface area contributed by atoms with Gasteiger partial charge in [-0.1, -0.05) is 46.9 Å². The predicted molar refractivity (Wildman–Crippen MR) is 143 cm³/mol. The molecule has 180 valence electrons. The fourth-order valence-electron chi connectivity index (χ4n) is 3.26. The molecule has 10 heteroatoms. The average molecular weight is 539 g/mol. The van der Waals surface area contributed by atoms with Crippen molar-refractivity contribution in [3.8, 4) is 6.07 Å². The Kier molecular flexibility index (Phi) is 7.79. The van der Waals surface area contributed by atoms with Crippen molar-refractivity contribution in [2.45, 2.75) is 12.6 Å². The van der Waals surface area contributed by atoms with Crippen LogP contribution in [0.1, 0.15) is 28.9 Å². The number of nitrogens with one attached hydrogen (secondary N) is 2. The normalized spacial score (nSPS) is 13.3. The summed E-state index contributed by atoms with van der Waals surface area (Å²) < 4.78 is 11.1. The number of halogens is 3. The molecule has 0 fully saturated rings. The van der Waals surface area contributed by atoms with Gasteiger partial charge in [0.05, 0.1) is 31.9 Å². The zero-order valence-corrected chi connectivity index (χ0v) is 20.9. The number of rotatable bonds is 6. The van der Waals surface area contributed by atoms with E-state index in [0.29, 0.717) is 26.9 Å². The van der Waals surface area contributed by atoms with Crippen molar-refractivity contribution in [2.75, 3.05) is 5.32 Å². The number of benzene rings is 3. The van der Waals surface area contributed by atoms with Gasteiger partial charge in [-0.2, -0.15) is 5.26 Å². The van der Waals surface area contributed by atoms with E-state index in [2.05, 4.69) is 20.6 Å². The number of anilines is 1. The van der Waals surface area contributed by atoms with Crippen LogP contribution in [0.15, 0.2) is 90.4 Å². The standard InChI is InChI=1S/C26H19Cl3N6O/c27-19-4-7-21(8-5-19)32-26(34-25(36)18-3-1-2-17(12-18)14-30)33-24(15-35-11-10-31-16-35)22-9-6-20(28)13-23(22)29/h1-13,16,24H,15H2,(H2,32,33,34,36)/i24D. The summed E-state index contributed by atoms with van der Waals surface area (Å²) >= 11 is 18.6. The summed E-state index contributed by atoms with van der Waals surface area (Å²) in [5.74, 6) is -0.541. The molecule has 1 aromatic heterocycles. The van der Waals surface area contributed by atoms with Crippen molar-refractivity contribution < 1.29 is 6.17 Å². The van der Waals surface area contributed by atoms with Crippen molar-refractivity contribution in [1.29, 1.82) is 5.26 Å². The van der Waals surface area contributed by atoms with E-state index in [1.807, 2.05) is 6.07 Å². The highest BCUT2D eigenvalue weighted by molar-refractivity contribution is 6.35. The number of amides is 1. The van der Waals surface area contributed by atoms with Crippen LogP contribution in [0, 0.1) is 11.3 Å². The monoisotopic (exact) mass is 537 g/mol. The van der Waals surface area contributed by atoms with E-state index in [1.165, 1.54) is 12.1 Å². The highest BCUT2D eigenvalue weighted by Gasteiger charge is 2.18. The molecule has 0 saturated heterocycles. The lowest BCUT2D eigenvalue weighted by Crippen LogP contribution is -2.36. The molecule has 0 spiro atoms. The first-order valence-electron chi connectivity index (χ1n) is 11.1. The summed E-state index contributed by atoms with van der Waals surface area (Å²) in [5.41, 5.74) is 1.52. The van der Waals surface area contributed by atoms with Crippen LogP contribution < -0.4 is 10.6 Å². The fraction of sp³-hybridized carbons (Fsp3) is 0.0769. The molecule has 0 aliphatic rings. The van der Waals surface area contributed by atoms with Gasteiger partial charge in [0.1, 0.15) is 0 Å². The van der Waals surface area contributed by atoms with E-state index in [-0.39, 0.29) is 23.1 Å². The Morgan fingerprint density at radius 3 is 2.58 bits per heavy atom. The first-order valence-corrected chi connectivity index (χ1v) is 11.7. The quantitative estimate of drug-likeness (QED) is 0.221.